The molecule has 0 aliphatic heterocycles. The summed E-state index contributed by atoms with van der Waals surface area (Å²) >= 11 is 0. The van der Waals surface area contributed by atoms with Crippen molar-refractivity contribution in [1.29, 1.82) is 0 Å². The van der Waals surface area contributed by atoms with E-state index >= 15 is 0 Å². The lowest BCUT2D eigenvalue weighted by Crippen LogP contribution is -2.14. The summed E-state index contributed by atoms with van der Waals surface area (Å²) in [4.78, 5) is 12.3. The summed E-state index contributed by atoms with van der Waals surface area (Å²) in [7, 11) is 0. The summed E-state index contributed by atoms with van der Waals surface area (Å²) in [5.41, 5.74) is 1.00. The molecular formula is C21H22FNO2. The number of rotatable bonds is 10. The molecule has 0 aromatic heterocycles. The van der Waals surface area contributed by atoms with Crippen molar-refractivity contribution in [3.05, 3.63) is 90.3 Å². The van der Waals surface area contributed by atoms with Crippen LogP contribution in [-0.2, 0) is 0 Å². The lowest BCUT2D eigenvalue weighted by molar-refractivity contribution is 0.103. The number of hydrogen-bond acceptors (Lipinski definition) is 3. The van der Waals surface area contributed by atoms with Crippen LogP contribution in [0.3, 0.4) is 0 Å². The highest BCUT2D eigenvalue weighted by atomic mass is 19.1. The van der Waals surface area contributed by atoms with Gasteiger partial charge in [-0.25, -0.2) is 4.39 Å². The topological polar surface area (TPSA) is 38.3 Å². The van der Waals surface area contributed by atoms with Crippen LogP contribution >= 0.6 is 0 Å². The van der Waals surface area contributed by atoms with Gasteiger partial charge in [-0.3, -0.25) is 4.79 Å². The van der Waals surface area contributed by atoms with Gasteiger partial charge in [0.1, 0.15) is 18.2 Å². The predicted molar refractivity (Wildman–Crippen MR) is 98.6 cm³/mol. The molecule has 0 spiro atoms. The Morgan fingerprint density at radius 3 is 2.32 bits per heavy atom. The Kier molecular flexibility index (Phi) is 7.60. The van der Waals surface area contributed by atoms with E-state index in [1.807, 2.05) is 18.2 Å². The van der Waals surface area contributed by atoms with E-state index in [0.717, 1.165) is 19.5 Å². The maximum absolute atomic E-state index is 12.9. The molecule has 0 saturated heterocycles. The third kappa shape index (κ3) is 6.36. The van der Waals surface area contributed by atoms with E-state index in [2.05, 4.69) is 11.9 Å². The van der Waals surface area contributed by atoms with Crippen LogP contribution in [0.1, 0.15) is 22.3 Å². The van der Waals surface area contributed by atoms with E-state index in [1.165, 1.54) is 24.3 Å². The van der Waals surface area contributed by atoms with Crippen molar-refractivity contribution >= 4 is 5.78 Å². The fourth-order valence-corrected chi connectivity index (χ4v) is 2.16. The first-order valence-electron chi connectivity index (χ1n) is 8.20. The molecule has 3 nitrogen and oxygen atoms in total. The molecule has 0 bridgehead atoms. The van der Waals surface area contributed by atoms with Gasteiger partial charge in [0.05, 0.1) is 0 Å². The van der Waals surface area contributed by atoms with Crippen molar-refractivity contribution in [3.63, 3.8) is 0 Å². The van der Waals surface area contributed by atoms with E-state index in [4.69, 9.17) is 4.74 Å². The summed E-state index contributed by atoms with van der Waals surface area (Å²) < 4.78 is 18.5. The Morgan fingerprint density at radius 1 is 1.04 bits per heavy atom. The number of ketones is 1. The van der Waals surface area contributed by atoms with Crippen LogP contribution in [0.4, 0.5) is 4.39 Å². The molecule has 0 fully saturated rings. The lowest BCUT2D eigenvalue weighted by Gasteiger charge is -2.05. The van der Waals surface area contributed by atoms with E-state index in [0.29, 0.717) is 23.5 Å². The average molecular weight is 339 g/mol. The molecule has 0 radical (unpaired) electrons. The van der Waals surface area contributed by atoms with Crippen LogP contribution in [0, 0.1) is 5.82 Å². The van der Waals surface area contributed by atoms with Gasteiger partial charge < -0.3 is 10.1 Å². The highest BCUT2D eigenvalue weighted by molar-refractivity contribution is 6.08. The van der Waals surface area contributed by atoms with Crippen LogP contribution in [0.15, 0.2) is 73.3 Å². The van der Waals surface area contributed by atoms with E-state index < -0.39 is 0 Å². The summed E-state index contributed by atoms with van der Waals surface area (Å²) in [6.07, 6.45) is 6.78. The fraction of sp³-hybridized carbons (Fsp3) is 0.190. The van der Waals surface area contributed by atoms with Crippen molar-refractivity contribution in [2.75, 3.05) is 19.7 Å². The van der Waals surface area contributed by atoms with Gasteiger partial charge in [0.25, 0.3) is 0 Å². The third-order valence-corrected chi connectivity index (χ3v) is 3.52. The lowest BCUT2D eigenvalue weighted by atomic mass is 10.0. The Bertz CT molecular complexity index is 706. The molecule has 2 aromatic carbocycles. The van der Waals surface area contributed by atoms with Gasteiger partial charge in [0.15, 0.2) is 5.78 Å². The molecule has 130 valence electrons. The molecular weight excluding hydrogens is 317 g/mol. The number of halogens is 1. The number of hydrogen-bond donors (Lipinski definition) is 1. The van der Waals surface area contributed by atoms with E-state index in [-0.39, 0.29) is 11.6 Å². The Morgan fingerprint density at radius 2 is 1.68 bits per heavy atom. The molecule has 2 rings (SSSR count). The fourth-order valence-electron chi connectivity index (χ4n) is 2.16. The number of nitrogens with one attached hydrogen (secondary N) is 1. The summed E-state index contributed by atoms with van der Waals surface area (Å²) in [5, 5.41) is 3.25. The first-order chi connectivity index (χ1) is 12.2. The number of ether oxygens (including phenoxy) is 1. The minimum absolute atomic E-state index is 0.142. The van der Waals surface area contributed by atoms with Gasteiger partial charge in [0, 0.05) is 17.7 Å². The highest BCUT2D eigenvalue weighted by Gasteiger charge is 2.09. The van der Waals surface area contributed by atoms with Crippen LogP contribution in [-0.4, -0.2) is 25.5 Å². The number of carbonyl (C=O) groups excluding carboxylic acids is 1. The minimum Gasteiger partial charge on any atom is -0.490 e. The zero-order valence-corrected chi connectivity index (χ0v) is 14.1. The molecule has 2 aromatic rings. The zero-order valence-electron chi connectivity index (χ0n) is 14.1. The van der Waals surface area contributed by atoms with Crippen LogP contribution in [0.25, 0.3) is 0 Å². The first kappa shape index (κ1) is 18.6. The molecule has 4 heteroatoms. The molecule has 0 unspecified atom stereocenters. The van der Waals surface area contributed by atoms with E-state index in [9.17, 15) is 9.18 Å². The van der Waals surface area contributed by atoms with Gasteiger partial charge in [-0.2, -0.15) is 0 Å². The van der Waals surface area contributed by atoms with Gasteiger partial charge in [0.2, 0.25) is 0 Å². The summed E-state index contributed by atoms with van der Waals surface area (Å²) in [6, 6.07) is 12.5. The smallest absolute Gasteiger partial charge is 0.193 e. The Balaban J connectivity index is 1.79. The summed E-state index contributed by atoms with van der Waals surface area (Å²) in [6.45, 7) is 5.84. The van der Waals surface area contributed by atoms with Crippen molar-refractivity contribution < 1.29 is 13.9 Å². The van der Waals surface area contributed by atoms with Crippen LogP contribution in [0.5, 0.6) is 5.75 Å². The van der Waals surface area contributed by atoms with Crippen LogP contribution < -0.4 is 10.1 Å². The van der Waals surface area contributed by atoms with Crippen molar-refractivity contribution in [1.82, 2.24) is 5.32 Å². The molecule has 0 aliphatic carbocycles. The molecule has 0 amide bonds. The maximum Gasteiger partial charge on any atom is 0.193 e. The average Bonchev–Trinajstić information content (AvgIpc) is 2.64. The second-order valence-corrected chi connectivity index (χ2v) is 5.42. The summed E-state index contributed by atoms with van der Waals surface area (Å²) in [5.74, 6) is 0.196. The van der Waals surface area contributed by atoms with Gasteiger partial charge in [-0.1, -0.05) is 18.2 Å². The molecule has 0 aliphatic rings. The minimum atomic E-state index is -0.357. The Labute approximate surface area is 147 Å². The Hall–Kier alpha value is -2.72. The second kappa shape index (κ2) is 10.2. The first-order valence-corrected chi connectivity index (χ1v) is 8.20. The third-order valence-electron chi connectivity index (χ3n) is 3.52. The number of carbonyl (C=O) groups is 1. The van der Waals surface area contributed by atoms with Gasteiger partial charge in [-0.05, 0) is 61.5 Å². The quantitative estimate of drug-likeness (QED) is 0.401. The van der Waals surface area contributed by atoms with Gasteiger partial charge in [-0.15, -0.1) is 6.58 Å². The van der Waals surface area contributed by atoms with Crippen molar-refractivity contribution in [2.45, 2.75) is 6.42 Å². The molecule has 0 heterocycles. The monoisotopic (exact) mass is 339 g/mol. The zero-order chi connectivity index (χ0) is 17.9. The maximum atomic E-state index is 12.9. The largest absolute Gasteiger partial charge is 0.490 e. The normalized spacial score (nSPS) is 10.8. The van der Waals surface area contributed by atoms with Crippen LogP contribution in [0.2, 0.25) is 0 Å². The predicted octanol–water partition coefficient (Wildman–Crippen LogP) is 4.16. The number of benzene rings is 2. The molecule has 1 N–H and O–H groups in total. The molecule has 0 saturated carbocycles. The molecule has 25 heavy (non-hydrogen) atoms. The van der Waals surface area contributed by atoms with Gasteiger partial charge >= 0.3 is 0 Å². The standard InChI is InChI=1S/C21H22FNO2/c1-2-3-14-23-15-4-5-16-25-20-12-8-18(9-13-20)21(24)17-6-10-19(22)11-7-17/h2,4-13,23H,1,3,14-16H2/b5-4+. The van der Waals surface area contributed by atoms with Crippen molar-refractivity contribution in [3.8, 4) is 5.75 Å². The highest BCUT2D eigenvalue weighted by Crippen LogP contribution is 2.16. The molecule has 0 atom stereocenters. The second-order valence-electron chi connectivity index (χ2n) is 5.42. The SMILES string of the molecule is C=CCCNC/C=C/COc1ccc(C(=O)c2ccc(F)cc2)cc1. The van der Waals surface area contributed by atoms with E-state index in [1.54, 1.807) is 24.3 Å². The van der Waals surface area contributed by atoms with Crippen molar-refractivity contribution in [2.24, 2.45) is 0 Å².